The Bertz CT molecular complexity index is 1350. The number of amides is 3. The van der Waals surface area contributed by atoms with Gasteiger partial charge in [-0.2, -0.15) is 26.3 Å². The van der Waals surface area contributed by atoms with E-state index in [-0.39, 0.29) is 30.7 Å². The van der Waals surface area contributed by atoms with Crippen LogP contribution in [0.2, 0.25) is 0 Å². The lowest BCUT2D eigenvalue weighted by Gasteiger charge is -2.18. The minimum Gasteiger partial charge on any atom is -0.475 e. The SMILES string of the molecule is Cc1nc(N)ccc1CNC(=O)CC[C@H](NC(=O)[C@H]1C[C@H](Cc2ccccc2)CN1)C(N)=O.O=C(O)C(F)(F)F.O=C(O)C(F)(F)F. The molecule has 0 bridgehead atoms. The first-order chi connectivity index (χ1) is 21.7. The van der Waals surface area contributed by atoms with Gasteiger partial charge in [-0.15, -0.1) is 0 Å². The number of carbonyl (C=O) groups excluding carboxylic acids is 3. The Balaban J connectivity index is 0.000000658. The molecule has 0 aliphatic carbocycles. The number of nitrogen functional groups attached to an aromatic ring is 1. The first-order valence-corrected chi connectivity index (χ1v) is 13.7. The highest BCUT2D eigenvalue weighted by Gasteiger charge is 2.39. The first-order valence-electron chi connectivity index (χ1n) is 13.7. The van der Waals surface area contributed by atoms with Crippen LogP contribution in [0.15, 0.2) is 42.5 Å². The van der Waals surface area contributed by atoms with E-state index in [0.29, 0.717) is 24.7 Å². The normalized spacial score (nSPS) is 16.3. The molecule has 260 valence electrons. The van der Waals surface area contributed by atoms with Crippen LogP contribution in [0.3, 0.4) is 0 Å². The van der Waals surface area contributed by atoms with E-state index in [9.17, 15) is 40.7 Å². The fourth-order valence-corrected chi connectivity index (χ4v) is 4.02. The lowest BCUT2D eigenvalue weighted by molar-refractivity contribution is -0.193. The number of anilines is 1. The summed E-state index contributed by atoms with van der Waals surface area (Å²) in [4.78, 5) is 58.7. The van der Waals surface area contributed by atoms with E-state index in [1.54, 1.807) is 6.07 Å². The largest absolute Gasteiger partial charge is 0.490 e. The molecule has 3 atom stereocenters. The summed E-state index contributed by atoms with van der Waals surface area (Å²) in [5, 5.41) is 23.0. The van der Waals surface area contributed by atoms with Crippen molar-refractivity contribution in [2.24, 2.45) is 11.7 Å². The summed E-state index contributed by atoms with van der Waals surface area (Å²) in [5.41, 5.74) is 13.9. The van der Waals surface area contributed by atoms with Gasteiger partial charge in [0.05, 0.1) is 6.04 Å². The Morgan fingerprint density at radius 3 is 2.02 bits per heavy atom. The molecule has 1 aromatic heterocycles. The number of nitrogens with two attached hydrogens (primary N) is 2. The van der Waals surface area contributed by atoms with E-state index in [2.05, 4.69) is 33.1 Å². The second-order valence-corrected chi connectivity index (χ2v) is 10.1. The molecule has 19 heteroatoms. The molecule has 3 amide bonds. The highest BCUT2D eigenvalue weighted by Crippen LogP contribution is 2.20. The van der Waals surface area contributed by atoms with Crippen molar-refractivity contribution in [2.75, 3.05) is 12.3 Å². The highest BCUT2D eigenvalue weighted by molar-refractivity contribution is 5.89. The Kier molecular flexibility index (Phi) is 15.6. The number of alkyl halides is 6. The van der Waals surface area contributed by atoms with Gasteiger partial charge in [-0.05, 0) is 55.8 Å². The van der Waals surface area contributed by atoms with Crippen LogP contribution in [0.5, 0.6) is 0 Å². The second-order valence-electron chi connectivity index (χ2n) is 10.1. The van der Waals surface area contributed by atoms with Crippen LogP contribution in [0.4, 0.5) is 32.2 Å². The molecule has 1 aliphatic heterocycles. The third kappa shape index (κ3) is 15.8. The van der Waals surface area contributed by atoms with Crippen molar-refractivity contribution >= 4 is 35.5 Å². The molecule has 1 fully saturated rings. The number of carbonyl (C=O) groups is 5. The smallest absolute Gasteiger partial charge is 0.475 e. The average molecular weight is 681 g/mol. The summed E-state index contributed by atoms with van der Waals surface area (Å²) < 4.78 is 63.5. The minimum absolute atomic E-state index is 0.0596. The Morgan fingerprint density at radius 2 is 1.53 bits per heavy atom. The molecule has 47 heavy (non-hydrogen) atoms. The van der Waals surface area contributed by atoms with Gasteiger partial charge in [-0.25, -0.2) is 14.6 Å². The van der Waals surface area contributed by atoms with Gasteiger partial charge >= 0.3 is 24.3 Å². The number of primary amides is 1. The Hall–Kier alpha value is -4.94. The van der Waals surface area contributed by atoms with Crippen molar-refractivity contribution in [3.05, 3.63) is 59.3 Å². The maximum Gasteiger partial charge on any atom is 0.490 e. The number of aromatic nitrogens is 1. The van der Waals surface area contributed by atoms with Crippen molar-refractivity contribution in [3.63, 3.8) is 0 Å². The Labute approximate surface area is 264 Å². The van der Waals surface area contributed by atoms with E-state index in [1.807, 2.05) is 31.2 Å². The number of nitrogens with zero attached hydrogens (tertiary/aromatic N) is 1. The summed E-state index contributed by atoms with van der Waals surface area (Å²) in [5.74, 6) is -5.92. The molecule has 2 aromatic rings. The molecule has 0 unspecified atom stereocenters. The summed E-state index contributed by atoms with van der Waals surface area (Å²) >= 11 is 0. The van der Waals surface area contributed by atoms with Gasteiger partial charge in [0.15, 0.2) is 0 Å². The van der Waals surface area contributed by atoms with Crippen molar-refractivity contribution in [2.45, 2.75) is 63.6 Å². The van der Waals surface area contributed by atoms with Crippen LogP contribution in [-0.2, 0) is 36.9 Å². The molecule has 0 radical (unpaired) electrons. The summed E-state index contributed by atoms with van der Waals surface area (Å²) in [6.07, 6.45) is -8.40. The van der Waals surface area contributed by atoms with E-state index < -0.39 is 36.2 Å². The van der Waals surface area contributed by atoms with Crippen molar-refractivity contribution in [1.29, 1.82) is 0 Å². The molecule has 0 saturated carbocycles. The monoisotopic (exact) mass is 680 g/mol. The number of nitrogens with one attached hydrogen (secondary N) is 3. The lowest BCUT2D eigenvalue weighted by Crippen LogP contribution is -2.50. The minimum atomic E-state index is -5.08. The highest BCUT2D eigenvalue weighted by atomic mass is 19.4. The number of halogens is 6. The third-order valence-corrected chi connectivity index (χ3v) is 6.40. The number of carboxylic acid groups (broad SMARTS) is 2. The number of aryl methyl sites for hydroxylation is 1. The van der Waals surface area contributed by atoms with Crippen LogP contribution in [0.25, 0.3) is 0 Å². The zero-order valence-corrected chi connectivity index (χ0v) is 24.8. The van der Waals surface area contributed by atoms with E-state index in [1.165, 1.54) is 5.56 Å². The second kappa shape index (κ2) is 18.3. The molecular formula is C28H34F6N6O7. The maximum atomic E-state index is 12.7. The van der Waals surface area contributed by atoms with E-state index in [4.69, 9.17) is 31.3 Å². The van der Waals surface area contributed by atoms with Gasteiger partial charge < -0.3 is 37.6 Å². The molecule has 13 nitrogen and oxygen atoms in total. The topological polar surface area (TPSA) is 227 Å². The summed E-state index contributed by atoms with van der Waals surface area (Å²) in [6, 6.07) is 12.3. The van der Waals surface area contributed by atoms with Gasteiger partial charge in [0.25, 0.3) is 0 Å². The van der Waals surface area contributed by atoms with Crippen LogP contribution in [-0.4, -0.2) is 75.8 Å². The molecule has 9 N–H and O–H groups in total. The number of carboxylic acids is 2. The molecular weight excluding hydrogens is 646 g/mol. The molecule has 0 spiro atoms. The first kappa shape index (κ1) is 40.1. The maximum absolute atomic E-state index is 12.7. The fourth-order valence-electron chi connectivity index (χ4n) is 4.02. The molecule has 2 heterocycles. The van der Waals surface area contributed by atoms with Crippen LogP contribution in [0, 0.1) is 12.8 Å². The summed E-state index contributed by atoms with van der Waals surface area (Å²) in [6.45, 7) is 2.86. The zero-order valence-electron chi connectivity index (χ0n) is 24.8. The van der Waals surface area contributed by atoms with Gasteiger partial charge in [0, 0.05) is 18.7 Å². The van der Waals surface area contributed by atoms with Gasteiger partial charge in [0.1, 0.15) is 11.9 Å². The number of pyridine rings is 1. The number of hydrogen-bond donors (Lipinski definition) is 7. The molecule has 3 rings (SSSR count). The molecule has 1 saturated heterocycles. The van der Waals surface area contributed by atoms with Crippen LogP contribution in [0.1, 0.15) is 36.1 Å². The van der Waals surface area contributed by atoms with Crippen molar-refractivity contribution in [1.82, 2.24) is 20.9 Å². The van der Waals surface area contributed by atoms with E-state index >= 15 is 0 Å². The standard InChI is InChI=1S/C24H32N6O3.2C2HF3O2/c1-15-18(7-9-21(25)29-15)14-28-22(31)10-8-19(23(26)32)30-24(33)20-12-17(13-27-20)11-16-5-3-2-4-6-16;2*3-2(4,5)1(6)7/h2-7,9,17,19-20,27H,8,10-14H2,1H3,(H2,25,29)(H2,26,32)(H,28,31)(H,30,33);2*(H,6,7)/t17-,19-,20+;;/m0../s1. The van der Waals surface area contributed by atoms with Gasteiger partial charge in [0.2, 0.25) is 17.7 Å². The van der Waals surface area contributed by atoms with Crippen molar-refractivity contribution < 1.29 is 60.5 Å². The number of rotatable bonds is 10. The molecule has 1 aliphatic rings. The molecule has 1 aromatic carbocycles. The zero-order chi connectivity index (χ0) is 35.9. The number of aliphatic carboxylic acids is 2. The van der Waals surface area contributed by atoms with Crippen LogP contribution >= 0.6 is 0 Å². The van der Waals surface area contributed by atoms with Gasteiger partial charge in [-0.1, -0.05) is 36.4 Å². The fraction of sp³-hybridized carbons (Fsp3) is 0.429. The average Bonchev–Trinajstić information content (AvgIpc) is 3.43. The third-order valence-electron chi connectivity index (χ3n) is 6.40. The predicted molar refractivity (Wildman–Crippen MR) is 153 cm³/mol. The summed E-state index contributed by atoms with van der Waals surface area (Å²) in [7, 11) is 0. The van der Waals surface area contributed by atoms with Crippen molar-refractivity contribution in [3.8, 4) is 0 Å². The van der Waals surface area contributed by atoms with E-state index in [0.717, 1.165) is 24.2 Å². The predicted octanol–water partition coefficient (Wildman–Crippen LogP) is 1.83. The lowest BCUT2D eigenvalue weighted by atomic mass is 9.96. The number of hydrogen-bond acceptors (Lipinski definition) is 8. The van der Waals surface area contributed by atoms with Crippen LogP contribution < -0.4 is 27.4 Å². The number of benzene rings is 1. The van der Waals surface area contributed by atoms with Gasteiger partial charge in [-0.3, -0.25) is 14.4 Å². The Morgan fingerprint density at radius 1 is 0.979 bits per heavy atom. The quantitative estimate of drug-likeness (QED) is 0.180.